The first kappa shape index (κ1) is 14.6. The molecule has 0 bridgehead atoms. The zero-order valence-corrected chi connectivity index (χ0v) is 12.6. The van der Waals surface area contributed by atoms with Gasteiger partial charge in [0.05, 0.1) is 6.54 Å². The van der Waals surface area contributed by atoms with E-state index in [0.29, 0.717) is 12.0 Å². The second-order valence-corrected chi connectivity index (χ2v) is 6.51. The van der Waals surface area contributed by atoms with Crippen molar-refractivity contribution in [2.45, 2.75) is 69.4 Å². The molecule has 0 radical (unpaired) electrons. The Morgan fingerprint density at radius 1 is 1.16 bits per heavy atom. The van der Waals surface area contributed by atoms with Gasteiger partial charge in [-0.05, 0) is 39.8 Å². The van der Waals surface area contributed by atoms with Gasteiger partial charge in [-0.2, -0.15) is 0 Å². The minimum Gasteiger partial charge on any atom is -0.370 e. The molecule has 19 heavy (non-hydrogen) atoms. The SMILES string of the molecule is CN(C)C1(CN=C(N)NC2CCCCC2)CCCC1. The highest BCUT2D eigenvalue weighted by Gasteiger charge is 2.35. The number of guanidine groups is 1. The standard InChI is InChI=1S/C15H30N4/c1-19(2)15(10-6-7-11-15)12-17-14(16)18-13-8-4-3-5-9-13/h13H,3-12H2,1-2H3,(H3,16,17,18). The number of nitrogens with two attached hydrogens (primary N) is 1. The third-order valence-corrected chi connectivity index (χ3v) is 4.98. The Morgan fingerprint density at radius 3 is 2.37 bits per heavy atom. The fourth-order valence-electron chi connectivity index (χ4n) is 3.51. The van der Waals surface area contributed by atoms with E-state index in [4.69, 9.17) is 5.73 Å². The summed E-state index contributed by atoms with van der Waals surface area (Å²) < 4.78 is 0. The molecule has 0 unspecified atom stereocenters. The van der Waals surface area contributed by atoms with Crippen molar-refractivity contribution in [2.24, 2.45) is 10.7 Å². The number of aliphatic imine (C=N–C) groups is 1. The molecule has 0 atom stereocenters. The van der Waals surface area contributed by atoms with Gasteiger partial charge in [0.15, 0.2) is 5.96 Å². The third kappa shape index (κ3) is 3.85. The summed E-state index contributed by atoms with van der Waals surface area (Å²) in [5.74, 6) is 0.653. The topological polar surface area (TPSA) is 53.6 Å². The molecular weight excluding hydrogens is 236 g/mol. The molecule has 0 aromatic rings. The highest BCUT2D eigenvalue weighted by molar-refractivity contribution is 5.78. The van der Waals surface area contributed by atoms with Crippen LogP contribution in [-0.2, 0) is 0 Å². The summed E-state index contributed by atoms with van der Waals surface area (Å²) in [6.07, 6.45) is 11.7. The maximum atomic E-state index is 6.06. The summed E-state index contributed by atoms with van der Waals surface area (Å²) in [4.78, 5) is 6.98. The quantitative estimate of drug-likeness (QED) is 0.605. The summed E-state index contributed by atoms with van der Waals surface area (Å²) >= 11 is 0. The molecule has 4 nitrogen and oxygen atoms in total. The zero-order chi connectivity index (χ0) is 13.7. The Morgan fingerprint density at radius 2 is 1.79 bits per heavy atom. The van der Waals surface area contributed by atoms with E-state index in [1.807, 2.05) is 0 Å². The lowest BCUT2D eigenvalue weighted by molar-refractivity contribution is 0.167. The van der Waals surface area contributed by atoms with Gasteiger partial charge in [0.25, 0.3) is 0 Å². The van der Waals surface area contributed by atoms with Gasteiger partial charge in [-0.25, -0.2) is 0 Å². The lowest BCUT2D eigenvalue weighted by atomic mass is 9.95. The number of hydrogen-bond donors (Lipinski definition) is 2. The Balaban J connectivity index is 1.85. The molecule has 2 aliphatic carbocycles. The molecule has 0 aromatic heterocycles. The molecule has 0 amide bonds. The molecule has 0 heterocycles. The van der Waals surface area contributed by atoms with Gasteiger partial charge in [-0.15, -0.1) is 0 Å². The van der Waals surface area contributed by atoms with Crippen molar-refractivity contribution in [2.75, 3.05) is 20.6 Å². The largest absolute Gasteiger partial charge is 0.370 e. The van der Waals surface area contributed by atoms with E-state index in [-0.39, 0.29) is 5.54 Å². The van der Waals surface area contributed by atoms with Crippen LogP contribution in [0.5, 0.6) is 0 Å². The fraction of sp³-hybridized carbons (Fsp3) is 0.933. The highest BCUT2D eigenvalue weighted by atomic mass is 15.2. The van der Waals surface area contributed by atoms with E-state index in [2.05, 4.69) is 29.3 Å². The zero-order valence-electron chi connectivity index (χ0n) is 12.6. The highest BCUT2D eigenvalue weighted by Crippen LogP contribution is 2.33. The molecule has 110 valence electrons. The summed E-state index contributed by atoms with van der Waals surface area (Å²) in [6.45, 7) is 0.839. The van der Waals surface area contributed by atoms with Crippen LogP contribution in [-0.4, -0.2) is 43.1 Å². The smallest absolute Gasteiger partial charge is 0.188 e. The summed E-state index contributed by atoms with van der Waals surface area (Å²) in [6, 6.07) is 0.552. The number of hydrogen-bond acceptors (Lipinski definition) is 2. The number of likely N-dealkylation sites (N-methyl/N-ethyl adjacent to an activating group) is 1. The molecule has 0 aromatic carbocycles. The van der Waals surface area contributed by atoms with Crippen molar-refractivity contribution in [3.63, 3.8) is 0 Å². The van der Waals surface area contributed by atoms with E-state index in [1.54, 1.807) is 0 Å². The summed E-state index contributed by atoms with van der Waals surface area (Å²) in [5, 5.41) is 3.41. The molecule has 2 saturated carbocycles. The van der Waals surface area contributed by atoms with Crippen LogP contribution in [0.2, 0.25) is 0 Å². The molecule has 2 fully saturated rings. The maximum absolute atomic E-state index is 6.06. The number of rotatable bonds is 4. The van der Waals surface area contributed by atoms with Gasteiger partial charge >= 0.3 is 0 Å². The first-order valence-corrected chi connectivity index (χ1v) is 7.86. The van der Waals surface area contributed by atoms with Crippen LogP contribution in [0, 0.1) is 0 Å². The van der Waals surface area contributed by atoms with Crippen molar-refractivity contribution in [3.8, 4) is 0 Å². The normalized spacial score (nSPS) is 24.9. The average Bonchev–Trinajstić information content (AvgIpc) is 2.88. The van der Waals surface area contributed by atoms with E-state index in [1.165, 1.54) is 57.8 Å². The summed E-state index contributed by atoms with van der Waals surface area (Å²) in [7, 11) is 4.34. The average molecular weight is 266 g/mol. The van der Waals surface area contributed by atoms with Gasteiger partial charge in [0, 0.05) is 11.6 Å². The van der Waals surface area contributed by atoms with Crippen molar-refractivity contribution in [3.05, 3.63) is 0 Å². The number of nitrogens with zero attached hydrogens (tertiary/aromatic N) is 2. The van der Waals surface area contributed by atoms with Gasteiger partial charge in [0.2, 0.25) is 0 Å². The minimum absolute atomic E-state index is 0.249. The van der Waals surface area contributed by atoms with Gasteiger partial charge in [-0.3, -0.25) is 4.99 Å². The first-order chi connectivity index (χ1) is 9.12. The fourth-order valence-corrected chi connectivity index (χ4v) is 3.51. The minimum atomic E-state index is 0.249. The molecular formula is C15H30N4. The molecule has 0 saturated heterocycles. The Labute approximate surface area is 117 Å². The van der Waals surface area contributed by atoms with Crippen LogP contribution in [0.3, 0.4) is 0 Å². The van der Waals surface area contributed by atoms with Crippen molar-refractivity contribution >= 4 is 5.96 Å². The molecule has 2 aliphatic rings. The van der Waals surface area contributed by atoms with Crippen molar-refractivity contribution in [1.29, 1.82) is 0 Å². The van der Waals surface area contributed by atoms with Crippen LogP contribution in [0.25, 0.3) is 0 Å². The monoisotopic (exact) mass is 266 g/mol. The maximum Gasteiger partial charge on any atom is 0.188 e. The van der Waals surface area contributed by atoms with Crippen molar-refractivity contribution in [1.82, 2.24) is 10.2 Å². The van der Waals surface area contributed by atoms with E-state index in [9.17, 15) is 0 Å². The van der Waals surface area contributed by atoms with Gasteiger partial charge < -0.3 is 16.0 Å². The second kappa shape index (κ2) is 6.60. The Bertz CT molecular complexity index is 299. The van der Waals surface area contributed by atoms with E-state index < -0.39 is 0 Å². The predicted octanol–water partition coefficient (Wildman–Crippen LogP) is 2.10. The van der Waals surface area contributed by atoms with Crippen LogP contribution in [0.15, 0.2) is 4.99 Å². The summed E-state index contributed by atoms with van der Waals surface area (Å²) in [5.41, 5.74) is 6.31. The van der Waals surface area contributed by atoms with E-state index >= 15 is 0 Å². The van der Waals surface area contributed by atoms with Crippen LogP contribution in [0.1, 0.15) is 57.8 Å². The molecule has 2 rings (SSSR count). The van der Waals surface area contributed by atoms with Gasteiger partial charge in [-0.1, -0.05) is 32.1 Å². The Kier molecular flexibility index (Phi) is 5.08. The second-order valence-electron chi connectivity index (χ2n) is 6.51. The predicted molar refractivity (Wildman–Crippen MR) is 81.4 cm³/mol. The van der Waals surface area contributed by atoms with Crippen LogP contribution in [0.4, 0.5) is 0 Å². The molecule has 3 N–H and O–H groups in total. The van der Waals surface area contributed by atoms with Crippen LogP contribution < -0.4 is 11.1 Å². The number of nitrogens with one attached hydrogen (secondary N) is 1. The molecule has 0 aliphatic heterocycles. The van der Waals surface area contributed by atoms with Gasteiger partial charge in [0.1, 0.15) is 0 Å². The lowest BCUT2D eigenvalue weighted by Gasteiger charge is -2.35. The lowest BCUT2D eigenvalue weighted by Crippen LogP contribution is -2.46. The molecule has 0 spiro atoms. The van der Waals surface area contributed by atoms with E-state index in [0.717, 1.165) is 6.54 Å². The first-order valence-electron chi connectivity index (χ1n) is 7.86. The molecule has 4 heteroatoms. The Hall–Kier alpha value is -0.770. The third-order valence-electron chi connectivity index (χ3n) is 4.98. The van der Waals surface area contributed by atoms with Crippen molar-refractivity contribution < 1.29 is 0 Å². The van der Waals surface area contributed by atoms with Crippen LogP contribution >= 0.6 is 0 Å².